The summed E-state index contributed by atoms with van der Waals surface area (Å²) in [4.78, 5) is 30.9. The predicted octanol–water partition coefficient (Wildman–Crippen LogP) is 1.07. The van der Waals surface area contributed by atoms with Crippen molar-refractivity contribution in [1.29, 1.82) is 0 Å². The molecule has 0 radical (unpaired) electrons. The van der Waals surface area contributed by atoms with Gasteiger partial charge in [0.2, 0.25) is 5.95 Å². The van der Waals surface area contributed by atoms with Crippen LogP contribution in [-0.4, -0.2) is 26.9 Å². The van der Waals surface area contributed by atoms with Gasteiger partial charge in [0.1, 0.15) is 5.75 Å². The smallest absolute Gasteiger partial charge is 0.316 e. The van der Waals surface area contributed by atoms with E-state index in [1.165, 1.54) is 18.5 Å². The van der Waals surface area contributed by atoms with Crippen molar-refractivity contribution < 1.29 is 14.7 Å². The van der Waals surface area contributed by atoms with E-state index in [9.17, 15) is 14.7 Å². The number of benzene rings is 1. The van der Waals surface area contributed by atoms with E-state index in [0.29, 0.717) is 0 Å². The molecule has 0 atom stereocenters. The number of aryl methyl sites for hydroxylation is 1. The average Bonchev–Trinajstić information content (AvgIpc) is 2.44. The highest BCUT2D eigenvalue weighted by molar-refractivity contribution is 6.43. The summed E-state index contributed by atoms with van der Waals surface area (Å²) in [5, 5.41) is 14.1. The molecule has 1 aromatic carbocycles. The molecule has 0 spiro atoms. The molecule has 0 fully saturated rings. The van der Waals surface area contributed by atoms with Crippen LogP contribution in [0.3, 0.4) is 0 Å². The number of rotatable bonds is 2. The van der Waals surface area contributed by atoms with Crippen molar-refractivity contribution in [1.82, 2.24) is 9.97 Å². The zero-order chi connectivity index (χ0) is 14.5. The molecule has 20 heavy (non-hydrogen) atoms. The van der Waals surface area contributed by atoms with Crippen LogP contribution in [0.4, 0.5) is 11.6 Å². The number of hydrogen-bond acceptors (Lipinski definition) is 5. The van der Waals surface area contributed by atoms with Crippen LogP contribution in [-0.2, 0) is 9.59 Å². The maximum absolute atomic E-state index is 11.7. The van der Waals surface area contributed by atoms with Crippen molar-refractivity contribution in [2.75, 3.05) is 10.6 Å². The fraction of sp³-hybridized carbons (Fsp3) is 0.0769. The first-order valence-corrected chi connectivity index (χ1v) is 5.75. The molecule has 0 aliphatic heterocycles. The number of phenolic OH excluding ortho intramolecular Hbond substituents is 1. The van der Waals surface area contributed by atoms with Gasteiger partial charge in [0.25, 0.3) is 0 Å². The monoisotopic (exact) mass is 272 g/mol. The van der Waals surface area contributed by atoms with Crippen molar-refractivity contribution in [2.24, 2.45) is 0 Å². The lowest BCUT2D eigenvalue weighted by atomic mass is 10.2. The van der Waals surface area contributed by atoms with Crippen LogP contribution in [0.2, 0.25) is 0 Å². The molecule has 1 aromatic heterocycles. The molecule has 0 aliphatic rings. The second-order valence-corrected chi connectivity index (χ2v) is 4.00. The molecule has 2 rings (SSSR count). The maximum Gasteiger partial charge on any atom is 0.316 e. The third kappa shape index (κ3) is 3.29. The number of hydrogen-bond donors (Lipinski definition) is 3. The Kier molecular flexibility index (Phi) is 3.90. The van der Waals surface area contributed by atoms with Crippen LogP contribution in [0.5, 0.6) is 5.75 Å². The van der Waals surface area contributed by atoms with Gasteiger partial charge in [-0.1, -0.05) is 6.07 Å². The second kappa shape index (κ2) is 5.79. The average molecular weight is 272 g/mol. The van der Waals surface area contributed by atoms with Crippen LogP contribution < -0.4 is 10.6 Å². The Bertz CT molecular complexity index is 643. The number of aromatic nitrogens is 2. The van der Waals surface area contributed by atoms with E-state index in [1.807, 2.05) is 0 Å². The lowest BCUT2D eigenvalue weighted by Gasteiger charge is -2.07. The Morgan fingerprint density at radius 3 is 2.45 bits per heavy atom. The second-order valence-electron chi connectivity index (χ2n) is 4.00. The van der Waals surface area contributed by atoms with Gasteiger partial charge >= 0.3 is 11.8 Å². The van der Waals surface area contributed by atoms with Gasteiger partial charge in [0.15, 0.2) is 0 Å². The molecule has 0 saturated heterocycles. The van der Waals surface area contributed by atoms with Crippen LogP contribution in [0, 0.1) is 6.92 Å². The molecule has 7 nitrogen and oxygen atoms in total. The van der Waals surface area contributed by atoms with E-state index >= 15 is 0 Å². The third-order valence-corrected chi connectivity index (χ3v) is 2.40. The molecule has 0 aliphatic carbocycles. The lowest BCUT2D eigenvalue weighted by Crippen LogP contribution is -2.29. The number of nitrogens with one attached hydrogen (secondary N) is 2. The summed E-state index contributed by atoms with van der Waals surface area (Å²) in [5.41, 5.74) is 1.00. The minimum Gasteiger partial charge on any atom is -0.506 e. The topological polar surface area (TPSA) is 104 Å². The number of aromatic hydroxyl groups is 1. The highest BCUT2D eigenvalue weighted by Crippen LogP contribution is 2.23. The van der Waals surface area contributed by atoms with E-state index in [1.54, 1.807) is 25.1 Å². The fourth-order valence-corrected chi connectivity index (χ4v) is 1.45. The molecule has 7 heteroatoms. The number of amides is 2. The summed E-state index contributed by atoms with van der Waals surface area (Å²) < 4.78 is 0. The molecular weight excluding hydrogens is 260 g/mol. The molecular formula is C13H12N4O3. The fourth-order valence-electron chi connectivity index (χ4n) is 1.45. The molecule has 102 valence electrons. The maximum atomic E-state index is 11.7. The first-order valence-electron chi connectivity index (χ1n) is 5.75. The summed E-state index contributed by atoms with van der Waals surface area (Å²) in [5.74, 6) is -1.93. The number of nitrogens with zero attached hydrogens (tertiary/aromatic N) is 2. The van der Waals surface area contributed by atoms with Crippen molar-refractivity contribution in [3.63, 3.8) is 0 Å². The van der Waals surface area contributed by atoms with E-state index in [0.717, 1.165) is 5.56 Å². The highest BCUT2D eigenvalue weighted by atomic mass is 16.3. The van der Waals surface area contributed by atoms with E-state index in [4.69, 9.17) is 0 Å². The van der Waals surface area contributed by atoms with Gasteiger partial charge in [0, 0.05) is 12.4 Å². The largest absolute Gasteiger partial charge is 0.506 e. The van der Waals surface area contributed by atoms with Crippen molar-refractivity contribution in [3.05, 3.63) is 42.2 Å². The van der Waals surface area contributed by atoms with E-state index < -0.39 is 11.8 Å². The van der Waals surface area contributed by atoms with Crippen LogP contribution in [0.1, 0.15) is 5.56 Å². The summed E-state index contributed by atoms with van der Waals surface area (Å²) >= 11 is 0. The van der Waals surface area contributed by atoms with Crippen LogP contribution in [0.15, 0.2) is 36.7 Å². The van der Waals surface area contributed by atoms with Crippen molar-refractivity contribution in [3.8, 4) is 5.75 Å². The molecule has 2 amide bonds. The summed E-state index contributed by atoms with van der Waals surface area (Å²) in [6, 6.07) is 6.26. The Morgan fingerprint density at radius 2 is 1.75 bits per heavy atom. The molecule has 2 aromatic rings. The van der Waals surface area contributed by atoms with Gasteiger partial charge in [-0.05, 0) is 30.7 Å². The van der Waals surface area contributed by atoms with E-state index in [-0.39, 0.29) is 17.4 Å². The number of carbonyl (C=O) groups is 2. The molecule has 3 N–H and O–H groups in total. The summed E-state index contributed by atoms with van der Waals surface area (Å²) in [6.07, 6.45) is 2.87. The number of anilines is 2. The van der Waals surface area contributed by atoms with Gasteiger partial charge in [0.05, 0.1) is 5.69 Å². The van der Waals surface area contributed by atoms with Crippen molar-refractivity contribution in [2.45, 2.75) is 6.92 Å². The van der Waals surface area contributed by atoms with Gasteiger partial charge < -0.3 is 10.4 Å². The first-order chi connectivity index (χ1) is 9.56. The summed E-state index contributed by atoms with van der Waals surface area (Å²) in [7, 11) is 0. The van der Waals surface area contributed by atoms with Gasteiger partial charge in [-0.3, -0.25) is 14.9 Å². The zero-order valence-corrected chi connectivity index (χ0v) is 10.6. The Labute approximate surface area is 114 Å². The normalized spacial score (nSPS) is 9.85. The SMILES string of the molecule is Cc1ccc(O)c(NC(=O)C(=O)Nc2ncccn2)c1. The lowest BCUT2D eigenvalue weighted by molar-refractivity contribution is -0.133. The quantitative estimate of drug-likeness (QED) is 0.560. The van der Waals surface area contributed by atoms with Crippen LogP contribution in [0.25, 0.3) is 0 Å². The Hall–Kier alpha value is -2.96. The van der Waals surface area contributed by atoms with Crippen molar-refractivity contribution >= 4 is 23.5 Å². The van der Waals surface area contributed by atoms with E-state index in [2.05, 4.69) is 20.6 Å². The minimum atomic E-state index is -0.919. The first kappa shape index (κ1) is 13.5. The standard InChI is InChI=1S/C13H12N4O3/c1-8-3-4-10(18)9(7-8)16-11(19)12(20)17-13-14-5-2-6-15-13/h2-7,18H,1H3,(H,16,19)(H,14,15,17,20). The van der Waals surface area contributed by atoms with Gasteiger partial charge in [-0.25, -0.2) is 9.97 Å². The molecule has 0 bridgehead atoms. The Morgan fingerprint density at radius 1 is 1.10 bits per heavy atom. The third-order valence-electron chi connectivity index (χ3n) is 2.40. The highest BCUT2D eigenvalue weighted by Gasteiger charge is 2.16. The number of phenols is 1. The molecule has 0 unspecified atom stereocenters. The van der Waals surface area contributed by atoms with Gasteiger partial charge in [-0.15, -0.1) is 0 Å². The van der Waals surface area contributed by atoms with Crippen LogP contribution >= 0.6 is 0 Å². The molecule has 1 heterocycles. The predicted molar refractivity (Wildman–Crippen MR) is 72.1 cm³/mol. The summed E-state index contributed by atoms with van der Waals surface area (Å²) in [6.45, 7) is 1.80. The number of carbonyl (C=O) groups excluding carboxylic acids is 2. The molecule has 0 saturated carbocycles. The zero-order valence-electron chi connectivity index (χ0n) is 10.6. The van der Waals surface area contributed by atoms with Gasteiger partial charge in [-0.2, -0.15) is 0 Å². The Balaban J connectivity index is 2.04. The minimum absolute atomic E-state index is 0.0288.